The zero-order chi connectivity index (χ0) is 19.3. The average Bonchev–Trinajstić information content (AvgIpc) is 3.12. The van der Waals surface area contributed by atoms with Crippen LogP contribution in [0.3, 0.4) is 0 Å². The summed E-state index contributed by atoms with van der Waals surface area (Å²) in [7, 11) is 0. The van der Waals surface area contributed by atoms with Gasteiger partial charge in [-0.05, 0) is 62.3 Å². The zero-order valence-corrected chi connectivity index (χ0v) is 16.2. The number of piperidine rings is 1. The van der Waals surface area contributed by atoms with Gasteiger partial charge in [-0.15, -0.1) is 0 Å². The number of carboxylic acid groups (broad SMARTS) is 1. The summed E-state index contributed by atoms with van der Waals surface area (Å²) in [6.45, 7) is 3.01. The molecule has 0 amide bonds. The van der Waals surface area contributed by atoms with E-state index in [0.29, 0.717) is 24.6 Å². The molecule has 1 aromatic heterocycles. The van der Waals surface area contributed by atoms with Crippen LogP contribution in [-0.2, 0) is 4.79 Å². The van der Waals surface area contributed by atoms with Gasteiger partial charge in [0.05, 0.1) is 16.1 Å². The summed E-state index contributed by atoms with van der Waals surface area (Å²) in [5.74, 6) is 0.642. The standard InChI is InChI=1S/C21H22N2O4S.K.H/c24-20(25)15-9-11-23(12-10-15)13-14-26-16-5-7-17(8-6-16)27-21-22-18-3-1-2-4-19(18)28-21;;/h1-8,15H,9-14H2,(H,24,25);;. The summed E-state index contributed by atoms with van der Waals surface area (Å²) in [6.07, 6.45) is 1.43. The summed E-state index contributed by atoms with van der Waals surface area (Å²) in [5.41, 5.74) is 0.940. The van der Waals surface area contributed by atoms with Crippen LogP contribution in [0.25, 0.3) is 10.2 Å². The van der Waals surface area contributed by atoms with Crippen molar-refractivity contribution in [2.45, 2.75) is 12.8 Å². The van der Waals surface area contributed by atoms with Gasteiger partial charge < -0.3 is 14.6 Å². The zero-order valence-electron chi connectivity index (χ0n) is 15.4. The van der Waals surface area contributed by atoms with Crippen molar-refractivity contribution >= 4 is 78.9 Å². The number of fused-ring (bicyclic) bond motifs is 1. The number of aromatic nitrogens is 1. The van der Waals surface area contributed by atoms with Gasteiger partial charge in [0.2, 0.25) is 0 Å². The van der Waals surface area contributed by atoms with Gasteiger partial charge in [-0.1, -0.05) is 23.5 Å². The number of nitrogens with zero attached hydrogens (tertiary/aromatic N) is 2. The first-order chi connectivity index (χ1) is 13.7. The van der Waals surface area contributed by atoms with Crippen molar-refractivity contribution < 1.29 is 19.4 Å². The van der Waals surface area contributed by atoms with Crippen molar-refractivity contribution in [3.8, 4) is 16.7 Å². The van der Waals surface area contributed by atoms with E-state index < -0.39 is 5.97 Å². The predicted molar refractivity (Wildman–Crippen MR) is 116 cm³/mol. The van der Waals surface area contributed by atoms with Gasteiger partial charge in [0.1, 0.15) is 18.1 Å². The fourth-order valence-corrected chi connectivity index (χ4v) is 4.13. The van der Waals surface area contributed by atoms with E-state index in [1.54, 1.807) is 0 Å². The quantitative estimate of drug-likeness (QED) is 0.568. The molecule has 148 valence electrons. The first-order valence-electron chi connectivity index (χ1n) is 9.39. The molecule has 0 bridgehead atoms. The third-order valence-corrected chi connectivity index (χ3v) is 5.83. The maximum absolute atomic E-state index is 11.0. The third kappa shape index (κ3) is 6.24. The summed E-state index contributed by atoms with van der Waals surface area (Å²) < 4.78 is 12.8. The molecule has 1 N–H and O–H groups in total. The Kier molecular flexibility index (Phi) is 8.49. The van der Waals surface area contributed by atoms with Gasteiger partial charge in [0, 0.05) is 6.54 Å². The van der Waals surface area contributed by atoms with Gasteiger partial charge in [0.25, 0.3) is 5.19 Å². The molecule has 0 radical (unpaired) electrons. The van der Waals surface area contributed by atoms with E-state index in [9.17, 15) is 4.79 Å². The van der Waals surface area contributed by atoms with Crippen LogP contribution in [0.15, 0.2) is 48.5 Å². The number of aliphatic carboxylic acids is 1. The first kappa shape index (κ1) is 22.7. The monoisotopic (exact) mass is 438 g/mol. The van der Waals surface area contributed by atoms with Crippen LogP contribution in [0.1, 0.15) is 12.8 Å². The van der Waals surface area contributed by atoms with Crippen LogP contribution in [0.5, 0.6) is 16.7 Å². The Bertz CT molecular complexity index is 906. The molecule has 0 saturated carbocycles. The number of thiazole rings is 1. The van der Waals surface area contributed by atoms with E-state index in [4.69, 9.17) is 14.6 Å². The Hall–Kier alpha value is -1.00. The van der Waals surface area contributed by atoms with Gasteiger partial charge in [-0.3, -0.25) is 9.69 Å². The van der Waals surface area contributed by atoms with Crippen molar-refractivity contribution in [2.24, 2.45) is 5.92 Å². The number of likely N-dealkylation sites (tertiary alicyclic amines) is 1. The molecule has 29 heavy (non-hydrogen) atoms. The number of para-hydroxylation sites is 1. The van der Waals surface area contributed by atoms with Crippen LogP contribution in [-0.4, -0.2) is 98.6 Å². The van der Waals surface area contributed by atoms with Crippen LogP contribution < -0.4 is 9.47 Å². The van der Waals surface area contributed by atoms with Gasteiger partial charge in [0.15, 0.2) is 0 Å². The normalized spacial score (nSPS) is 15.0. The second kappa shape index (κ2) is 10.9. The topological polar surface area (TPSA) is 71.9 Å². The second-order valence-corrected chi connectivity index (χ2v) is 7.82. The molecule has 2 heterocycles. The Morgan fingerprint density at radius 2 is 1.79 bits per heavy atom. The number of carboxylic acids is 1. The van der Waals surface area contributed by atoms with Gasteiger partial charge >= 0.3 is 57.4 Å². The number of ether oxygens (including phenoxy) is 2. The van der Waals surface area contributed by atoms with Crippen molar-refractivity contribution in [3.05, 3.63) is 48.5 Å². The van der Waals surface area contributed by atoms with Crippen LogP contribution in [0, 0.1) is 5.92 Å². The molecule has 0 aliphatic carbocycles. The number of hydrogen-bond donors (Lipinski definition) is 1. The Labute approximate surface area is 216 Å². The van der Waals surface area contributed by atoms with E-state index in [0.717, 1.165) is 41.3 Å². The molecule has 1 fully saturated rings. The Balaban J connectivity index is 0.00000240. The van der Waals surface area contributed by atoms with Crippen LogP contribution in [0.4, 0.5) is 0 Å². The minimum atomic E-state index is -0.677. The average molecular weight is 439 g/mol. The SMILES string of the molecule is O=C(O)C1CCN(CCOc2ccc(Oc3nc4ccccc4s3)cc2)CC1.[KH]. The maximum atomic E-state index is 11.0. The van der Waals surface area contributed by atoms with Crippen molar-refractivity contribution in [2.75, 3.05) is 26.2 Å². The number of rotatable bonds is 7. The Morgan fingerprint density at radius 1 is 1.10 bits per heavy atom. The van der Waals surface area contributed by atoms with Gasteiger partial charge in [-0.2, -0.15) is 0 Å². The molecule has 0 unspecified atom stereocenters. The molecule has 1 aliphatic heterocycles. The third-order valence-electron chi connectivity index (χ3n) is 4.92. The van der Waals surface area contributed by atoms with Crippen molar-refractivity contribution in [1.29, 1.82) is 0 Å². The summed E-state index contributed by atoms with van der Waals surface area (Å²) >= 11 is 1.52. The van der Waals surface area contributed by atoms with E-state index >= 15 is 0 Å². The molecule has 3 aromatic rings. The van der Waals surface area contributed by atoms with E-state index in [1.807, 2.05) is 48.5 Å². The molecule has 4 rings (SSSR count). The van der Waals surface area contributed by atoms with Crippen LogP contribution in [0.2, 0.25) is 0 Å². The molecule has 0 spiro atoms. The van der Waals surface area contributed by atoms with Gasteiger partial charge in [-0.25, -0.2) is 4.98 Å². The number of hydrogen-bond acceptors (Lipinski definition) is 6. The molecular weight excluding hydrogens is 415 g/mol. The molecular formula is C21H23KN2O4S. The predicted octanol–water partition coefficient (Wildman–Crippen LogP) is 3.62. The van der Waals surface area contributed by atoms with E-state index in [2.05, 4.69) is 9.88 Å². The minimum absolute atomic E-state index is 0. The van der Waals surface area contributed by atoms with E-state index in [-0.39, 0.29) is 57.3 Å². The summed E-state index contributed by atoms with van der Waals surface area (Å²) in [6, 6.07) is 15.5. The number of benzene rings is 2. The first-order valence-corrected chi connectivity index (χ1v) is 10.2. The second-order valence-electron chi connectivity index (χ2n) is 6.82. The fraction of sp³-hybridized carbons (Fsp3) is 0.333. The molecule has 6 nitrogen and oxygen atoms in total. The molecule has 0 atom stereocenters. The number of carbonyl (C=O) groups is 1. The molecule has 1 saturated heterocycles. The van der Waals surface area contributed by atoms with Crippen molar-refractivity contribution in [1.82, 2.24) is 9.88 Å². The van der Waals surface area contributed by atoms with Crippen molar-refractivity contribution in [3.63, 3.8) is 0 Å². The molecule has 2 aromatic carbocycles. The van der Waals surface area contributed by atoms with E-state index in [1.165, 1.54) is 11.3 Å². The molecule has 8 heteroatoms. The Morgan fingerprint density at radius 3 is 2.48 bits per heavy atom. The summed E-state index contributed by atoms with van der Waals surface area (Å²) in [4.78, 5) is 17.7. The molecule has 1 aliphatic rings. The summed E-state index contributed by atoms with van der Waals surface area (Å²) in [5, 5.41) is 9.67. The van der Waals surface area contributed by atoms with Crippen LogP contribution >= 0.6 is 11.3 Å². The fourth-order valence-electron chi connectivity index (χ4n) is 3.30.